The highest BCUT2D eigenvalue weighted by atomic mass is 35.5. The average Bonchev–Trinajstić information content (AvgIpc) is 2.75. The molecule has 180 valence electrons. The number of halogens is 4. The van der Waals surface area contributed by atoms with Crippen molar-refractivity contribution < 1.29 is 31.1 Å². The SMILES string of the molecule is Cc1ccc(C)c(NS(=O)(=O)c2ccc(OCC(=O)Nc3ccc(Cl)c(C(F)(F)F)c3)cc2)c1. The molecule has 0 saturated carbocycles. The highest BCUT2D eigenvalue weighted by Crippen LogP contribution is 2.36. The molecule has 34 heavy (non-hydrogen) atoms. The number of carbonyl (C=O) groups is 1. The van der Waals surface area contributed by atoms with Crippen molar-refractivity contribution in [2.24, 2.45) is 0 Å². The second kappa shape index (κ2) is 9.94. The number of benzene rings is 3. The summed E-state index contributed by atoms with van der Waals surface area (Å²) < 4.78 is 72.0. The lowest BCUT2D eigenvalue weighted by molar-refractivity contribution is -0.137. The van der Waals surface area contributed by atoms with Gasteiger partial charge < -0.3 is 10.1 Å². The highest BCUT2D eigenvalue weighted by molar-refractivity contribution is 7.92. The van der Waals surface area contributed by atoms with E-state index in [0.717, 1.165) is 23.3 Å². The number of hydrogen-bond acceptors (Lipinski definition) is 4. The number of carbonyl (C=O) groups excluding carboxylic acids is 1. The second-order valence-electron chi connectivity index (χ2n) is 7.42. The number of rotatable bonds is 7. The summed E-state index contributed by atoms with van der Waals surface area (Å²) in [6, 6.07) is 13.8. The Morgan fingerprint density at radius 3 is 2.32 bits per heavy atom. The van der Waals surface area contributed by atoms with Crippen molar-refractivity contribution in [3.8, 4) is 5.75 Å². The molecule has 0 spiro atoms. The third-order valence-electron chi connectivity index (χ3n) is 4.70. The quantitative estimate of drug-likeness (QED) is 0.419. The molecule has 0 saturated heterocycles. The fourth-order valence-electron chi connectivity index (χ4n) is 2.93. The third kappa shape index (κ3) is 6.42. The zero-order chi connectivity index (χ0) is 25.1. The van der Waals surface area contributed by atoms with Crippen molar-refractivity contribution in [2.45, 2.75) is 24.9 Å². The van der Waals surface area contributed by atoms with E-state index in [-0.39, 0.29) is 16.3 Å². The minimum atomic E-state index is -4.66. The standard InChI is InChI=1S/C23H20ClF3N2O4S/c1-14-3-4-15(2)21(11-14)29-34(31,32)18-8-6-17(7-9-18)33-13-22(30)28-16-5-10-20(24)19(12-16)23(25,26)27/h3-12,29H,13H2,1-2H3,(H,28,30). The number of sulfonamides is 1. The van der Waals surface area contributed by atoms with E-state index in [0.29, 0.717) is 5.69 Å². The Morgan fingerprint density at radius 1 is 1.00 bits per heavy atom. The minimum absolute atomic E-state index is 0.00829. The van der Waals surface area contributed by atoms with E-state index in [1.807, 2.05) is 19.1 Å². The third-order valence-corrected chi connectivity index (χ3v) is 6.41. The smallest absolute Gasteiger partial charge is 0.417 e. The van der Waals surface area contributed by atoms with Crippen LogP contribution in [0.25, 0.3) is 0 Å². The fourth-order valence-corrected chi connectivity index (χ4v) is 4.28. The van der Waals surface area contributed by atoms with E-state index in [4.69, 9.17) is 16.3 Å². The summed E-state index contributed by atoms with van der Waals surface area (Å²) in [6.07, 6.45) is -4.66. The van der Waals surface area contributed by atoms with E-state index < -0.39 is 39.3 Å². The second-order valence-corrected chi connectivity index (χ2v) is 9.51. The van der Waals surface area contributed by atoms with Gasteiger partial charge in [-0.25, -0.2) is 8.42 Å². The normalized spacial score (nSPS) is 11.7. The predicted molar refractivity (Wildman–Crippen MR) is 124 cm³/mol. The maximum absolute atomic E-state index is 12.9. The first-order chi connectivity index (χ1) is 15.8. The van der Waals surface area contributed by atoms with E-state index in [1.54, 1.807) is 13.0 Å². The number of alkyl halides is 3. The van der Waals surface area contributed by atoms with Gasteiger partial charge in [0.15, 0.2) is 6.61 Å². The summed E-state index contributed by atoms with van der Waals surface area (Å²) in [5.74, 6) is -0.503. The summed E-state index contributed by atoms with van der Waals surface area (Å²) in [6.45, 7) is 3.13. The zero-order valence-corrected chi connectivity index (χ0v) is 19.6. The Morgan fingerprint density at radius 2 is 1.68 bits per heavy atom. The largest absolute Gasteiger partial charge is 0.484 e. The molecule has 1 amide bonds. The molecular formula is C23H20ClF3N2O4S. The Hall–Kier alpha value is -3.24. The first kappa shape index (κ1) is 25.4. The molecule has 11 heteroatoms. The van der Waals surface area contributed by atoms with Crippen molar-refractivity contribution in [2.75, 3.05) is 16.6 Å². The minimum Gasteiger partial charge on any atom is -0.484 e. The molecule has 3 rings (SSSR count). The van der Waals surface area contributed by atoms with Gasteiger partial charge in [-0.3, -0.25) is 9.52 Å². The number of amides is 1. The predicted octanol–water partition coefficient (Wildman–Crippen LogP) is 5.79. The number of nitrogens with one attached hydrogen (secondary N) is 2. The Labute approximate surface area is 199 Å². The van der Waals surface area contributed by atoms with Crippen LogP contribution >= 0.6 is 11.6 Å². The van der Waals surface area contributed by atoms with Crippen LogP contribution in [0.1, 0.15) is 16.7 Å². The number of ether oxygens (including phenoxy) is 1. The number of aryl methyl sites for hydroxylation is 2. The summed E-state index contributed by atoms with van der Waals surface area (Å²) in [4.78, 5) is 12.1. The molecule has 0 unspecified atom stereocenters. The Bertz CT molecular complexity index is 1310. The highest BCUT2D eigenvalue weighted by Gasteiger charge is 2.33. The van der Waals surface area contributed by atoms with Crippen LogP contribution in [0.5, 0.6) is 5.75 Å². The van der Waals surface area contributed by atoms with Gasteiger partial charge in [0.25, 0.3) is 15.9 Å². The van der Waals surface area contributed by atoms with E-state index in [1.165, 1.54) is 30.3 Å². The molecule has 3 aromatic rings. The van der Waals surface area contributed by atoms with Gasteiger partial charge >= 0.3 is 6.18 Å². The monoisotopic (exact) mass is 512 g/mol. The van der Waals surface area contributed by atoms with Crippen molar-refractivity contribution >= 4 is 38.9 Å². The summed E-state index contributed by atoms with van der Waals surface area (Å²) in [5.41, 5.74) is 0.970. The molecule has 0 heterocycles. The van der Waals surface area contributed by atoms with Gasteiger partial charge in [0.05, 0.1) is 21.2 Å². The molecular weight excluding hydrogens is 493 g/mol. The molecule has 0 aliphatic rings. The zero-order valence-electron chi connectivity index (χ0n) is 18.0. The van der Waals surface area contributed by atoms with Crippen LogP contribution in [0, 0.1) is 13.8 Å². The molecule has 0 aromatic heterocycles. The van der Waals surface area contributed by atoms with Gasteiger partial charge in [-0.15, -0.1) is 0 Å². The van der Waals surface area contributed by atoms with Crippen LogP contribution < -0.4 is 14.8 Å². The van der Waals surface area contributed by atoms with Crippen molar-refractivity contribution in [3.05, 3.63) is 82.4 Å². The number of hydrogen-bond donors (Lipinski definition) is 2. The van der Waals surface area contributed by atoms with Crippen LogP contribution in [0.3, 0.4) is 0 Å². The molecule has 0 atom stereocenters. The van der Waals surface area contributed by atoms with Gasteiger partial charge in [0.2, 0.25) is 0 Å². The lowest BCUT2D eigenvalue weighted by atomic mass is 10.1. The molecule has 0 aliphatic heterocycles. The maximum atomic E-state index is 12.9. The van der Waals surface area contributed by atoms with Crippen LogP contribution in [-0.2, 0) is 21.0 Å². The van der Waals surface area contributed by atoms with Gasteiger partial charge in [-0.1, -0.05) is 23.7 Å². The Balaban J connectivity index is 1.62. The molecule has 0 fully saturated rings. The number of anilines is 2. The van der Waals surface area contributed by atoms with E-state index >= 15 is 0 Å². The first-order valence-electron chi connectivity index (χ1n) is 9.85. The van der Waals surface area contributed by atoms with Gasteiger partial charge in [0, 0.05) is 5.69 Å². The van der Waals surface area contributed by atoms with Crippen molar-refractivity contribution in [3.63, 3.8) is 0 Å². The summed E-state index contributed by atoms with van der Waals surface area (Å²) in [7, 11) is -3.85. The van der Waals surface area contributed by atoms with Crippen LogP contribution in [0.15, 0.2) is 65.6 Å². The van der Waals surface area contributed by atoms with E-state index in [9.17, 15) is 26.4 Å². The molecule has 0 aliphatic carbocycles. The lowest BCUT2D eigenvalue weighted by Gasteiger charge is -2.13. The maximum Gasteiger partial charge on any atom is 0.417 e. The van der Waals surface area contributed by atoms with Crippen LogP contribution in [0.4, 0.5) is 24.5 Å². The molecule has 0 radical (unpaired) electrons. The van der Waals surface area contributed by atoms with Crippen LogP contribution in [-0.4, -0.2) is 20.9 Å². The van der Waals surface area contributed by atoms with Gasteiger partial charge in [-0.05, 0) is 73.5 Å². The molecule has 6 nitrogen and oxygen atoms in total. The summed E-state index contributed by atoms with van der Waals surface area (Å²) in [5, 5.41) is 1.81. The molecule has 3 aromatic carbocycles. The lowest BCUT2D eigenvalue weighted by Crippen LogP contribution is -2.20. The fraction of sp³-hybridized carbons (Fsp3) is 0.174. The van der Waals surface area contributed by atoms with Crippen molar-refractivity contribution in [1.29, 1.82) is 0 Å². The first-order valence-corrected chi connectivity index (χ1v) is 11.7. The average molecular weight is 513 g/mol. The molecule has 0 bridgehead atoms. The van der Waals surface area contributed by atoms with Crippen LogP contribution in [0.2, 0.25) is 5.02 Å². The van der Waals surface area contributed by atoms with Gasteiger partial charge in [0.1, 0.15) is 5.75 Å². The topological polar surface area (TPSA) is 84.5 Å². The Kier molecular flexibility index (Phi) is 7.42. The van der Waals surface area contributed by atoms with Crippen molar-refractivity contribution in [1.82, 2.24) is 0 Å². The van der Waals surface area contributed by atoms with Gasteiger partial charge in [-0.2, -0.15) is 13.2 Å². The molecule has 2 N–H and O–H groups in total. The van der Waals surface area contributed by atoms with E-state index in [2.05, 4.69) is 10.0 Å². The summed E-state index contributed by atoms with van der Waals surface area (Å²) >= 11 is 5.56.